The van der Waals surface area contributed by atoms with Crippen molar-refractivity contribution in [2.24, 2.45) is 0 Å². The van der Waals surface area contributed by atoms with Crippen molar-refractivity contribution in [3.05, 3.63) is 53.5 Å². The maximum absolute atomic E-state index is 11.9. The number of nitrogens with one attached hydrogen (secondary N) is 1. The van der Waals surface area contributed by atoms with Crippen LogP contribution in [0.25, 0.3) is 0 Å². The van der Waals surface area contributed by atoms with E-state index in [0.717, 1.165) is 16.8 Å². The zero-order valence-corrected chi connectivity index (χ0v) is 13.1. The van der Waals surface area contributed by atoms with Gasteiger partial charge in [0.25, 0.3) is 5.91 Å². The predicted octanol–water partition coefficient (Wildman–Crippen LogP) is 2.68. The molecule has 0 saturated heterocycles. The van der Waals surface area contributed by atoms with E-state index < -0.39 is 0 Å². The van der Waals surface area contributed by atoms with Crippen molar-refractivity contribution in [1.82, 2.24) is 5.32 Å². The molecule has 0 saturated carbocycles. The molecule has 0 aliphatic heterocycles. The fourth-order valence-corrected chi connectivity index (χ4v) is 2.23. The quantitative estimate of drug-likeness (QED) is 0.923. The zero-order chi connectivity index (χ0) is 16.1. The van der Waals surface area contributed by atoms with Gasteiger partial charge in [-0.1, -0.05) is 12.1 Å². The first kappa shape index (κ1) is 15.8. The Morgan fingerprint density at radius 2 is 2.00 bits per heavy atom. The molecule has 0 fully saturated rings. The highest BCUT2D eigenvalue weighted by molar-refractivity contribution is 5.93. The Morgan fingerprint density at radius 3 is 2.64 bits per heavy atom. The highest BCUT2D eigenvalue weighted by Gasteiger charge is 2.15. The van der Waals surface area contributed by atoms with E-state index in [9.17, 15) is 9.59 Å². The fraction of sp³-hybridized carbons (Fsp3) is 0.294. The second-order valence-electron chi connectivity index (χ2n) is 5.19. The van der Waals surface area contributed by atoms with Gasteiger partial charge in [0.15, 0.2) is 5.76 Å². The van der Waals surface area contributed by atoms with E-state index in [-0.39, 0.29) is 17.6 Å². The minimum Gasteiger partial charge on any atom is -0.459 e. The summed E-state index contributed by atoms with van der Waals surface area (Å²) >= 11 is 0. The molecule has 2 amide bonds. The van der Waals surface area contributed by atoms with E-state index in [1.807, 2.05) is 32.0 Å². The molecule has 0 aliphatic carbocycles. The van der Waals surface area contributed by atoms with Crippen LogP contribution < -0.4 is 10.2 Å². The van der Waals surface area contributed by atoms with Crippen molar-refractivity contribution in [3.8, 4) is 0 Å². The number of aryl methyl sites for hydroxylation is 2. The van der Waals surface area contributed by atoms with Crippen LogP contribution in [0.5, 0.6) is 0 Å². The molecule has 0 atom stereocenters. The van der Waals surface area contributed by atoms with Gasteiger partial charge < -0.3 is 14.6 Å². The second kappa shape index (κ2) is 6.93. The van der Waals surface area contributed by atoms with Crippen molar-refractivity contribution >= 4 is 17.5 Å². The molecule has 5 nitrogen and oxygen atoms in total. The number of rotatable bonds is 5. The third-order valence-corrected chi connectivity index (χ3v) is 3.40. The largest absolute Gasteiger partial charge is 0.459 e. The molecule has 0 bridgehead atoms. The van der Waals surface area contributed by atoms with E-state index >= 15 is 0 Å². The maximum Gasteiger partial charge on any atom is 0.287 e. The Bertz CT molecular complexity index is 663. The number of amides is 2. The molecule has 2 aromatic rings. The van der Waals surface area contributed by atoms with Crippen LogP contribution in [0.1, 0.15) is 28.6 Å². The molecular weight excluding hydrogens is 280 g/mol. The minimum atomic E-state index is -0.283. The van der Waals surface area contributed by atoms with Crippen LogP contribution in [-0.4, -0.2) is 24.9 Å². The third-order valence-electron chi connectivity index (χ3n) is 3.40. The molecular formula is C17H20N2O3. The van der Waals surface area contributed by atoms with Crippen molar-refractivity contribution in [2.75, 3.05) is 18.0 Å². The lowest BCUT2D eigenvalue weighted by Gasteiger charge is -2.23. The lowest BCUT2D eigenvalue weighted by Crippen LogP contribution is -2.37. The number of hydrogen-bond donors (Lipinski definition) is 1. The van der Waals surface area contributed by atoms with Crippen LogP contribution in [0.15, 0.2) is 41.0 Å². The van der Waals surface area contributed by atoms with Gasteiger partial charge in [0.05, 0.1) is 6.26 Å². The molecule has 116 valence electrons. The maximum atomic E-state index is 11.9. The Labute approximate surface area is 129 Å². The van der Waals surface area contributed by atoms with E-state index in [1.165, 1.54) is 13.2 Å². The van der Waals surface area contributed by atoms with Crippen molar-refractivity contribution in [1.29, 1.82) is 0 Å². The minimum absolute atomic E-state index is 0.0547. The summed E-state index contributed by atoms with van der Waals surface area (Å²) in [5.74, 6) is -0.0727. The summed E-state index contributed by atoms with van der Waals surface area (Å²) in [4.78, 5) is 25.4. The van der Waals surface area contributed by atoms with Gasteiger partial charge in [0.1, 0.15) is 0 Å². The van der Waals surface area contributed by atoms with Gasteiger partial charge in [-0.05, 0) is 43.2 Å². The first-order chi connectivity index (χ1) is 10.5. The smallest absolute Gasteiger partial charge is 0.287 e. The highest BCUT2D eigenvalue weighted by Crippen LogP contribution is 2.21. The van der Waals surface area contributed by atoms with Crippen LogP contribution in [0.2, 0.25) is 0 Å². The van der Waals surface area contributed by atoms with E-state index in [4.69, 9.17) is 4.42 Å². The summed E-state index contributed by atoms with van der Waals surface area (Å²) in [5, 5.41) is 2.75. The predicted molar refractivity (Wildman–Crippen MR) is 85.0 cm³/mol. The van der Waals surface area contributed by atoms with Crippen LogP contribution in [0.4, 0.5) is 5.69 Å². The normalized spacial score (nSPS) is 10.3. The number of benzene rings is 1. The number of nitrogens with zero attached hydrogens (tertiary/aromatic N) is 1. The van der Waals surface area contributed by atoms with E-state index in [1.54, 1.807) is 17.0 Å². The van der Waals surface area contributed by atoms with Gasteiger partial charge >= 0.3 is 0 Å². The summed E-state index contributed by atoms with van der Waals surface area (Å²) in [7, 11) is 0. The highest BCUT2D eigenvalue weighted by atomic mass is 16.3. The lowest BCUT2D eigenvalue weighted by molar-refractivity contribution is -0.116. The molecule has 0 aliphatic rings. The van der Waals surface area contributed by atoms with E-state index in [2.05, 4.69) is 5.32 Å². The van der Waals surface area contributed by atoms with Crippen molar-refractivity contribution in [2.45, 2.75) is 20.8 Å². The molecule has 22 heavy (non-hydrogen) atoms. The van der Waals surface area contributed by atoms with Gasteiger partial charge in [-0.3, -0.25) is 9.59 Å². The van der Waals surface area contributed by atoms with Crippen molar-refractivity contribution < 1.29 is 14.0 Å². The second-order valence-corrected chi connectivity index (χ2v) is 5.19. The zero-order valence-electron chi connectivity index (χ0n) is 13.1. The first-order valence-electron chi connectivity index (χ1n) is 7.16. The van der Waals surface area contributed by atoms with E-state index in [0.29, 0.717) is 13.1 Å². The molecule has 0 spiro atoms. The summed E-state index contributed by atoms with van der Waals surface area (Å²) < 4.78 is 5.03. The summed E-state index contributed by atoms with van der Waals surface area (Å²) in [6.45, 7) is 6.24. The Kier molecular flexibility index (Phi) is 4.99. The van der Waals surface area contributed by atoms with Crippen LogP contribution in [-0.2, 0) is 4.79 Å². The molecule has 2 rings (SSSR count). The average molecular weight is 300 g/mol. The average Bonchev–Trinajstić information content (AvgIpc) is 3.00. The van der Waals surface area contributed by atoms with Gasteiger partial charge in [0, 0.05) is 25.7 Å². The van der Waals surface area contributed by atoms with Gasteiger partial charge in [0.2, 0.25) is 5.91 Å². The molecule has 0 unspecified atom stereocenters. The molecule has 1 N–H and O–H groups in total. The van der Waals surface area contributed by atoms with Crippen molar-refractivity contribution in [3.63, 3.8) is 0 Å². The molecule has 1 aromatic heterocycles. The number of anilines is 1. The number of hydrogen-bond acceptors (Lipinski definition) is 3. The fourth-order valence-electron chi connectivity index (χ4n) is 2.23. The monoisotopic (exact) mass is 300 g/mol. The molecule has 0 radical (unpaired) electrons. The summed E-state index contributed by atoms with van der Waals surface area (Å²) in [5.41, 5.74) is 2.99. The first-order valence-corrected chi connectivity index (χ1v) is 7.16. The summed E-state index contributed by atoms with van der Waals surface area (Å²) in [6, 6.07) is 9.23. The topological polar surface area (TPSA) is 62.6 Å². The third kappa shape index (κ3) is 3.75. The van der Waals surface area contributed by atoms with Crippen LogP contribution >= 0.6 is 0 Å². The Morgan fingerprint density at radius 1 is 1.23 bits per heavy atom. The molecule has 1 aromatic carbocycles. The number of furan rings is 1. The Hall–Kier alpha value is -2.56. The Balaban J connectivity index is 2.02. The SMILES string of the molecule is CC(=O)N(CCNC(=O)c1ccco1)c1cc(C)ccc1C. The molecule has 5 heteroatoms. The van der Waals surface area contributed by atoms with Crippen LogP contribution in [0.3, 0.4) is 0 Å². The van der Waals surface area contributed by atoms with Crippen LogP contribution in [0, 0.1) is 13.8 Å². The number of carbonyl (C=O) groups excluding carboxylic acids is 2. The lowest BCUT2D eigenvalue weighted by atomic mass is 10.1. The number of carbonyl (C=O) groups is 2. The van der Waals surface area contributed by atoms with Gasteiger partial charge in [-0.25, -0.2) is 0 Å². The standard InChI is InChI=1S/C17H20N2O3/c1-12-6-7-13(2)15(11-12)19(14(3)20)9-8-18-17(21)16-5-4-10-22-16/h4-7,10-11H,8-9H2,1-3H3,(H,18,21). The van der Waals surface area contributed by atoms with Gasteiger partial charge in [-0.2, -0.15) is 0 Å². The molecule has 1 heterocycles. The van der Waals surface area contributed by atoms with Gasteiger partial charge in [-0.15, -0.1) is 0 Å². The summed E-state index contributed by atoms with van der Waals surface area (Å²) in [6.07, 6.45) is 1.45.